The molecule has 6 nitrogen and oxygen atoms in total. The summed E-state index contributed by atoms with van der Waals surface area (Å²) in [5, 5.41) is 18.2. The number of nitrogens with one attached hydrogen (secondary N) is 1. The van der Waals surface area contributed by atoms with Crippen LogP contribution in [0.4, 0.5) is 0 Å². The van der Waals surface area contributed by atoms with E-state index in [-0.39, 0.29) is 17.2 Å². The minimum atomic E-state index is -0.630. The third kappa shape index (κ3) is 2.31. The number of hydrogen-bond donors (Lipinski definition) is 3. The van der Waals surface area contributed by atoms with Crippen LogP contribution in [0.3, 0.4) is 0 Å². The quantitative estimate of drug-likeness (QED) is 0.645. The lowest BCUT2D eigenvalue weighted by atomic mass is 10.1. The second-order valence-electron chi connectivity index (χ2n) is 4.09. The van der Waals surface area contributed by atoms with Gasteiger partial charge in [0.2, 0.25) is 0 Å². The van der Waals surface area contributed by atoms with Crippen molar-refractivity contribution in [3.63, 3.8) is 0 Å². The summed E-state index contributed by atoms with van der Waals surface area (Å²) < 4.78 is 1.40. The molecule has 1 aliphatic heterocycles. The second kappa shape index (κ2) is 4.67. The van der Waals surface area contributed by atoms with Crippen LogP contribution in [0.25, 0.3) is 0 Å². The van der Waals surface area contributed by atoms with E-state index in [0.29, 0.717) is 12.0 Å². The number of thioether (sulfide) groups is 1. The molecule has 1 saturated heterocycles. The zero-order chi connectivity index (χ0) is 12.6. The van der Waals surface area contributed by atoms with Crippen molar-refractivity contribution in [2.24, 2.45) is 0 Å². The summed E-state index contributed by atoms with van der Waals surface area (Å²) in [6.45, 7) is 1.49. The Kier molecular flexibility index (Phi) is 3.41. The van der Waals surface area contributed by atoms with Crippen molar-refractivity contribution in [2.45, 2.75) is 30.1 Å². The number of aliphatic hydroxyl groups excluding tert-OH is 2. The maximum absolute atomic E-state index is 11.6. The predicted molar refractivity (Wildman–Crippen MR) is 64.2 cm³/mol. The average molecular weight is 257 g/mol. The molecule has 0 aliphatic carbocycles. The van der Waals surface area contributed by atoms with Gasteiger partial charge in [0.25, 0.3) is 5.56 Å². The van der Waals surface area contributed by atoms with Crippen LogP contribution in [0.1, 0.15) is 17.4 Å². The molecule has 1 aromatic rings. The van der Waals surface area contributed by atoms with E-state index in [1.165, 1.54) is 22.5 Å². The number of aromatic nitrogens is 2. The number of aliphatic hydroxyl groups is 2. The third-order valence-electron chi connectivity index (χ3n) is 2.84. The van der Waals surface area contributed by atoms with Crippen LogP contribution in [-0.4, -0.2) is 37.7 Å². The highest BCUT2D eigenvalue weighted by Gasteiger charge is 2.34. The van der Waals surface area contributed by atoms with E-state index in [4.69, 9.17) is 5.11 Å². The van der Waals surface area contributed by atoms with Gasteiger partial charge in [0.15, 0.2) is 0 Å². The van der Waals surface area contributed by atoms with Crippen molar-refractivity contribution in [3.8, 4) is 0 Å². The van der Waals surface area contributed by atoms with Crippen LogP contribution in [0.15, 0.2) is 15.8 Å². The van der Waals surface area contributed by atoms with E-state index < -0.39 is 17.4 Å². The molecular formula is C10H14N2O4S. The fourth-order valence-corrected chi connectivity index (χ4v) is 3.23. The Hall–Kier alpha value is -1.05. The molecule has 1 aromatic heterocycles. The lowest BCUT2D eigenvalue weighted by molar-refractivity contribution is 0.137. The Labute approximate surface area is 101 Å². The van der Waals surface area contributed by atoms with Gasteiger partial charge in [-0.05, 0) is 6.92 Å². The minimum absolute atomic E-state index is 0.126. The highest BCUT2D eigenvalue weighted by molar-refractivity contribution is 8.00. The summed E-state index contributed by atoms with van der Waals surface area (Å²) in [5.41, 5.74) is -0.426. The molecule has 0 bridgehead atoms. The molecule has 94 valence electrons. The molecule has 17 heavy (non-hydrogen) atoms. The molecule has 2 rings (SSSR count). The van der Waals surface area contributed by atoms with Gasteiger partial charge in [0, 0.05) is 18.2 Å². The van der Waals surface area contributed by atoms with Crippen molar-refractivity contribution >= 4 is 11.8 Å². The Balaban J connectivity index is 2.34. The third-order valence-corrected chi connectivity index (χ3v) is 4.39. The number of H-pyrrole nitrogens is 1. The van der Waals surface area contributed by atoms with Gasteiger partial charge in [-0.3, -0.25) is 14.3 Å². The largest absolute Gasteiger partial charge is 0.395 e. The molecular weight excluding hydrogens is 243 g/mol. The van der Waals surface area contributed by atoms with Crippen molar-refractivity contribution < 1.29 is 10.2 Å². The first-order valence-electron chi connectivity index (χ1n) is 5.29. The van der Waals surface area contributed by atoms with E-state index in [2.05, 4.69) is 4.98 Å². The van der Waals surface area contributed by atoms with Gasteiger partial charge in [-0.2, -0.15) is 0 Å². The van der Waals surface area contributed by atoms with Gasteiger partial charge in [-0.15, -0.1) is 11.8 Å². The van der Waals surface area contributed by atoms with Gasteiger partial charge < -0.3 is 10.2 Å². The molecule has 7 heteroatoms. The minimum Gasteiger partial charge on any atom is -0.395 e. The molecule has 0 aromatic carbocycles. The fraction of sp³-hybridized carbons (Fsp3) is 0.600. The standard InChI is InChI=1S/C10H14N2O4S/c1-5-3-12(10(16)11-9(5)15)8-2-6(14)7(4-13)17-8/h3,6-8,13-14H,2,4H2,1H3,(H,11,15,16)/t6-,7+,8+/m0/s1/i1-1. The zero-order valence-electron chi connectivity index (χ0n) is 9.29. The number of rotatable bonds is 2. The van der Waals surface area contributed by atoms with Gasteiger partial charge in [0.1, 0.15) is 0 Å². The fourth-order valence-electron chi connectivity index (χ4n) is 1.85. The van der Waals surface area contributed by atoms with Crippen LogP contribution in [0.2, 0.25) is 0 Å². The molecule has 1 aliphatic rings. The zero-order valence-corrected chi connectivity index (χ0v) is 10.1. The molecule has 3 atom stereocenters. The molecule has 1 fully saturated rings. The highest BCUT2D eigenvalue weighted by Crippen LogP contribution is 2.40. The summed E-state index contributed by atoms with van der Waals surface area (Å²) >= 11 is 1.34. The van der Waals surface area contributed by atoms with E-state index in [1.54, 1.807) is 6.92 Å². The number of aryl methyl sites for hydroxylation is 1. The summed E-state index contributed by atoms with van der Waals surface area (Å²) in [7, 11) is 0. The van der Waals surface area contributed by atoms with Crippen LogP contribution in [0, 0.1) is 6.92 Å². The maximum Gasteiger partial charge on any atom is 0.329 e. The number of aromatic amines is 1. The van der Waals surface area contributed by atoms with Crippen molar-refractivity contribution in [1.82, 2.24) is 9.55 Å². The van der Waals surface area contributed by atoms with E-state index >= 15 is 0 Å². The van der Waals surface area contributed by atoms with Gasteiger partial charge in [-0.25, -0.2) is 4.79 Å². The Bertz CT molecular complexity index is 524. The normalized spacial score (nSPS) is 28.5. The smallest absolute Gasteiger partial charge is 0.329 e. The summed E-state index contributed by atoms with van der Waals surface area (Å²) in [6.07, 6.45) is 1.25. The monoisotopic (exact) mass is 257 g/mol. The number of nitrogens with zero attached hydrogens (tertiary/aromatic N) is 1. The number of hydrogen-bond acceptors (Lipinski definition) is 5. The van der Waals surface area contributed by atoms with Crippen LogP contribution < -0.4 is 11.2 Å². The molecule has 2 heterocycles. The van der Waals surface area contributed by atoms with Crippen molar-refractivity contribution in [3.05, 3.63) is 32.6 Å². The predicted octanol–water partition coefficient (Wildman–Crippen LogP) is -0.798. The van der Waals surface area contributed by atoms with Crippen molar-refractivity contribution in [2.75, 3.05) is 6.61 Å². The molecule has 0 radical (unpaired) electrons. The van der Waals surface area contributed by atoms with Crippen LogP contribution in [-0.2, 0) is 0 Å². The van der Waals surface area contributed by atoms with E-state index in [0.717, 1.165) is 0 Å². The Morgan fingerprint density at radius 1 is 1.59 bits per heavy atom. The molecule has 0 unspecified atom stereocenters. The topological polar surface area (TPSA) is 95.3 Å². The first-order chi connectivity index (χ1) is 8.02. The molecule has 0 amide bonds. The second-order valence-corrected chi connectivity index (χ2v) is 5.52. The van der Waals surface area contributed by atoms with Gasteiger partial charge in [0.05, 0.1) is 23.3 Å². The lowest BCUT2D eigenvalue weighted by Gasteiger charge is -2.13. The van der Waals surface area contributed by atoms with Crippen LogP contribution in [0.5, 0.6) is 0 Å². The van der Waals surface area contributed by atoms with Crippen molar-refractivity contribution in [1.29, 1.82) is 0 Å². The molecule has 3 N–H and O–H groups in total. The average Bonchev–Trinajstić information content (AvgIpc) is 2.65. The van der Waals surface area contributed by atoms with E-state index in [1.807, 2.05) is 0 Å². The SMILES string of the molecule is [11CH3]c1cn([C@H]2C[C@H](O)[C@@H](CO)S2)c(=O)[nH]c1=O. The van der Waals surface area contributed by atoms with E-state index in [9.17, 15) is 14.7 Å². The van der Waals surface area contributed by atoms with Crippen LogP contribution >= 0.6 is 11.8 Å². The Morgan fingerprint density at radius 3 is 2.88 bits per heavy atom. The first-order valence-corrected chi connectivity index (χ1v) is 6.23. The summed E-state index contributed by atoms with van der Waals surface area (Å²) in [6, 6.07) is 0. The van der Waals surface area contributed by atoms with Gasteiger partial charge >= 0.3 is 5.69 Å². The van der Waals surface area contributed by atoms with Gasteiger partial charge in [-0.1, -0.05) is 0 Å². The molecule has 0 saturated carbocycles. The highest BCUT2D eigenvalue weighted by atomic mass is 32.2. The Morgan fingerprint density at radius 2 is 2.29 bits per heavy atom. The summed E-state index contributed by atoms with van der Waals surface area (Å²) in [5.74, 6) is 0. The molecule has 0 spiro atoms. The summed E-state index contributed by atoms with van der Waals surface area (Å²) in [4.78, 5) is 25.1. The maximum atomic E-state index is 11.6. The lowest BCUT2D eigenvalue weighted by Crippen LogP contribution is -2.32. The first kappa shape index (κ1) is 12.4.